The number of aryl methyl sites for hydroxylation is 2. The van der Waals surface area contributed by atoms with Crippen molar-refractivity contribution in [3.05, 3.63) is 59.7 Å². The van der Waals surface area contributed by atoms with E-state index in [2.05, 4.69) is 10.6 Å². The molecule has 2 aromatic carbocycles. The van der Waals surface area contributed by atoms with Gasteiger partial charge < -0.3 is 20.1 Å². The molecule has 0 heterocycles. The minimum atomic E-state index is -0.0755. The van der Waals surface area contributed by atoms with Gasteiger partial charge in [-0.1, -0.05) is 24.3 Å². The number of hydrogen-bond acceptors (Lipinski definition) is 4. The highest BCUT2D eigenvalue weighted by atomic mass is 16.5. The highest BCUT2D eigenvalue weighted by molar-refractivity contribution is 5.78. The van der Waals surface area contributed by atoms with Gasteiger partial charge in [-0.05, 0) is 55.7 Å². The van der Waals surface area contributed by atoms with E-state index < -0.39 is 0 Å². The van der Waals surface area contributed by atoms with Crippen LogP contribution in [0.1, 0.15) is 30.4 Å². The first-order valence-corrected chi connectivity index (χ1v) is 9.95. The summed E-state index contributed by atoms with van der Waals surface area (Å²) in [5.41, 5.74) is 2.26. The number of carbonyl (C=O) groups excluding carboxylic acids is 2. The van der Waals surface area contributed by atoms with Gasteiger partial charge >= 0.3 is 0 Å². The Morgan fingerprint density at radius 3 is 1.62 bits per heavy atom. The summed E-state index contributed by atoms with van der Waals surface area (Å²) in [4.78, 5) is 23.6. The first-order valence-electron chi connectivity index (χ1n) is 9.95. The third-order valence-electron chi connectivity index (χ3n) is 4.17. The molecule has 0 unspecified atom stereocenters. The molecule has 0 saturated carbocycles. The van der Waals surface area contributed by atoms with Gasteiger partial charge in [-0.2, -0.15) is 0 Å². The fourth-order valence-corrected chi connectivity index (χ4v) is 2.72. The number of nitrogens with one attached hydrogen (secondary N) is 2. The van der Waals surface area contributed by atoms with Crippen LogP contribution in [0.2, 0.25) is 0 Å². The Kier molecular flexibility index (Phi) is 9.55. The fourth-order valence-electron chi connectivity index (χ4n) is 2.72. The standard InChI is InChI=1S/C23H30N2O4/c1-18-6-3-8-20(16-18)28-14-12-24-22(26)10-5-11-23(27)25-13-15-29-21-9-4-7-19(2)17-21/h3-4,6-9,16-17H,5,10-15H2,1-2H3,(H,24,26)(H,25,27). The van der Waals surface area contributed by atoms with Crippen LogP contribution in [0.25, 0.3) is 0 Å². The molecule has 0 spiro atoms. The Labute approximate surface area is 172 Å². The molecule has 2 N–H and O–H groups in total. The summed E-state index contributed by atoms with van der Waals surface area (Å²) in [5.74, 6) is 1.44. The normalized spacial score (nSPS) is 10.3. The van der Waals surface area contributed by atoms with E-state index in [1.54, 1.807) is 0 Å². The smallest absolute Gasteiger partial charge is 0.220 e. The van der Waals surface area contributed by atoms with E-state index in [1.165, 1.54) is 0 Å². The van der Waals surface area contributed by atoms with Gasteiger partial charge in [0.1, 0.15) is 24.7 Å². The first kappa shape index (κ1) is 22.3. The fraction of sp³-hybridized carbons (Fsp3) is 0.391. The van der Waals surface area contributed by atoms with Crippen LogP contribution in [0.5, 0.6) is 11.5 Å². The predicted octanol–water partition coefficient (Wildman–Crippen LogP) is 3.16. The van der Waals surface area contributed by atoms with Crippen LogP contribution in [-0.4, -0.2) is 38.1 Å². The van der Waals surface area contributed by atoms with Crippen LogP contribution in [0.4, 0.5) is 0 Å². The SMILES string of the molecule is Cc1cccc(OCCNC(=O)CCCC(=O)NCCOc2cccc(C)c2)c1. The van der Waals surface area contributed by atoms with Gasteiger partial charge in [0.25, 0.3) is 0 Å². The summed E-state index contributed by atoms with van der Waals surface area (Å²) >= 11 is 0. The lowest BCUT2D eigenvalue weighted by Gasteiger charge is -2.09. The van der Waals surface area contributed by atoms with E-state index in [0.717, 1.165) is 22.6 Å². The molecule has 2 aromatic rings. The molecule has 6 nitrogen and oxygen atoms in total. The average Bonchev–Trinajstić information content (AvgIpc) is 2.69. The number of benzene rings is 2. The van der Waals surface area contributed by atoms with Gasteiger partial charge in [-0.3, -0.25) is 9.59 Å². The molecule has 0 bridgehead atoms. The van der Waals surface area contributed by atoms with E-state index in [-0.39, 0.29) is 11.8 Å². The molecule has 2 amide bonds. The molecule has 0 aliphatic rings. The summed E-state index contributed by atoms with van der Waals surface area (Å²) in [7, 11) is 0. The first-order chi connectivity index (χ1) is 14.0. The summed E-state index contributed by atoms with van der Waals surface area (Å²) in [6.45, 7) is 5.71. The summed E-state index contributed by atoms with van der Waals surface area (Å²) < 4.78 is 11.2. The molecule has 6 heteroatoms. The van der Waals surface area contributed by atoms with Crippen LogP contribution in [0.3, 0.4) is 0 Å². The third-order valence-corrected chi connectivity index (χ3v) is 4.17. The number of rotatable bonds is 12. The largest absolute Gasteiger partial charge is 0.492 e. The maximum Gasteiger partial charge on any atom is 0.220 e. The highest BCUT2D eigenvalue weighted by Crippen LogP contribution is 2.12. The highest BCUT2D eigenvalue weighted by Gasteiger charge is 2.05. The maximum atomic E-state index is 11.8. The molecule has 0 atom stereocenters. The number of amides is 2. The molecule has 2 rings (SSSR count). The minimum Gasteiger partial charge on any atom is -0.492 e. The van der Waals surface area contributed by atoms with Gasteiger partial charge in [0.15, 0.2) is 0 Å². The van der Waals surface area contributed by atoms with Crippen LogP contribution < -0.4 is 20.1 Å². The molecule has 0 aromatic heterocycles. The lowest BCUT2D eigenvalue weighted by atomic mass is 10.2. The second-order valence-corrected chi connectivity index (χ2v) is 6.88. The lowest BCUT2D eigenvalue weighted by Crippen LogP contribution is -2.29. The third kappa shape index (κ3) is 9.65. The Morgan fingerprint density at radius 1 is 0.759 bits per heavy atom. The Bertz CT molecular complexity index is 726. The molecular formula is C23H30N2O4. The van der Waals surface area contributed by atoms with E-state index >= 15 is 0 Å². The van der Waals surface area contributed by atoms with Gasteiger partial charge in [-0.25, -0.2) is 0 Å². The molecule has 0 aliphatic heterocycles. The number of hydrogen-bond donors (Lipinski definition) is 2. The van der Waals surface area contributed by atoms with E-state index in [0.29, 0.717) is 45.6 Å². The molecule has 0 radical (unpaired) electrons. The van der Waals surface area contributed by atoms with Crippen molar-refractivity contribution in [1.82, 2.24) is 10.6 Å². The maximum absolute atomic E-state index is 11.8. The molecule has 0 saturated heterocycles. The van der Waals surface area contributed by atoms with Crippen LogP contribution >= 0.6 is 0 Å². The molecule has 29 heavy (non-hydrogen) atoms. The summed E-state index contributed by atoms with van der Waals surface area (Å²) in [5, 5.41) is 5.60. The van der Waals surface area contributed by atoms with E-state index in [9.17, 15) is 9.59 Å². The zero-order chi connectivity index (χ0) is 20.9. The molecule has 0 aliphatic carbocycles. The Balaban J connectivity index is 1.47. The molecule has 0 fully saturated rings. The Morgan fingerprint density at radius 2 is 1.21 bits per heavy atom. The lowest BCUT2D eigenvalue weighted by molar-refractivity contribution is -0.122. The van der Waals surface area contributed by atoms with Gasteiger partial charge in [0.05, 0.1) is 13.1 Å². The van der Waals surface area contributed by atoms with Crippen molar-refractivity contribution in [2.24, 2.45) is 0 Å². The van der Waals surface area contributed by atoms with Crippen LogP contribution in [0, 0.1) is 13.8 Å². The summed E-state index contributed by atoms with van der Waals surface area (Å²) in [6, 6.07) is 15.5. The van der Waals surface area contributed by atoms with Crippen molar-refractivity contribution < 1.29 is 19.1 Å². The van der Waals surface area contributed by atoms with Crippen molar-refractivity contribution in [3.8, 4) is 11.5 Å². The summed E-state index contributed by atoms with van der Waals surface area (Å²) in [6.07, 6.45) is 1.14. The molecular weight excluding hydrogens is 368 g/mol. The van der Waals surface area contributed by atoms with Crippen molar-refractivity contribution in [2.75, 3.05) is 26.3 Å². The van der Waals surface area contributed by atoms with Crippen molar-refractivity contribution >= 4 is 11.8 Å². The number of ether oxygens (including phenoxy) is 2. The monoisotopic (exact) mass is 398 g/mol. The van der Waals surface area contributed by atoms with Crippen molar-refractivity contribution in [2.45, 2.75) is 33.1 Å². The average molecular weight is 399 g/mol. The minimum absolute atomic E-state index is 0.0755. The zero-order valence-corrected chi connectivity index (χ0v) is 17.2. The topological polar surface area (TPSA) is 76.7 Å². The van der Waals surface area contributed by atoms with Crippen LogP contribution in [-0.2, 0) is 9.59 Å². The quantitative estimate of drug-likeness (QED) is 0.539. The van der Waals surface area contributed by atoms with Gasteiger partial charge in [0, 0.05) is 12.8 Å². The van der Waals surface area contributed by atoms with Gasteiger partial charge in [-0.15, -0.1) is 0 Å². The predicted molar refractivity (Wildman–Crippen MR) is 113 cm³/mol. The van der Waals surface area contributed by atoms with E-state index in [4.69, 9.17) is 9.47 Å². The second-order valence-electron chi connectivity index (χ2n) is 6.88. The van der Waals surface area contributed by atoms with Crippen LogP contribution in [0.15, 0.2) is 48.5 Å². The van der Waals surface area contributed by atoms with Crippen molar-refractivity contribution in [3.63, 3.8) is 0 Å². The van der Waals surface area contributed by atoms with E-state index in [1.807, 2.05) is 62.4 Å². The zero-order valence-electron chi connectivity index (χ0n) is 17.2. The Hall–Kier alpha value is -3.02. The number of carbonyl (C=O) groups is 2. The van der Waals surface area contributed by atoms with Crippen molar-refractivity contribution in [1.29, 1.82) is 0 Å². The second kappa shape index (κ2) is 12.4. The van der Waals surface area contributed by atoms with Gasteiger partial charge in [0.2, 0.25) is 11.8 Å². The molecule has 156 valence electrons.